The lowest BCUT2D eigenvalue weighted by Gasteiger charge is -2.20. The van der Waals surface area contributed by atoms with E-state index in [0.717, 1.165) is 15.2 Å². The van der Waals surface area contributed by atoms with Crippen molar-refractivity contribution < 1.29 is 22.7 Å². The minimum Gasteiger partial charge on any atom is -0.444 e. The minimum atomic E-state index is -4.28. The topological polar surface area (TPSA) is 150 Å². The van der Waals surface area contributed by atoms with E-state index < -0.39 is 38.7 Å². The van der Waals surface area contributed by atoms with Crippen molar-refractivity contribution in [1.29, 1.82) is 0 Å². The molecule has 0 aliphatic heterocycles. The Balaban J connectivity index is 1.34. The number of pyridine rings is 1. The molecule has 0 saturated carbocycles. The summed E-state index contributed by atoms with van der Waals surface area (Å²) in [6, 6.07) is 19.7. The number of hydrogen-bond donors (Lipinski definition) is 2. The SMILES string of the molecule is Cc1ccc(S(=O)(=O)n2c(=O)c3ccccc3n2CCn2ccc(C)c(CC(=O)NCc3cc(Cl)ccc3CNC(=O)OC(C)(C)C)c2=O)cc1. The predicted molar refractivity (Wildman–Crippen MR) is 195 cm³/mol. The number of carbonyl (C=O) groups is 2. The molecule has 3 aromatic carbocycles. The van der Waals surface area contributed by atoms with E-state index in [1.54, 1.807) is 94.6 Å². The van der Waals surface area contributed by atoms with Gasteiger partial charge in [0.15, 0.2) is 0 Å². The quantitative estimate of drug-likeness (QED) is 0.193. The maximum absolute atomic E-state index is 13.8. The Hall–Kier alpha value is -5.14. The molecule has 12 nitrogen and oxygen atoms in total. The van der Waals surface area contributed by atoms with Gasteiger partial charge in [-0.05, 0) is 93.8 Å². The molecule has 0 fully saturated rings. The van der Waals surface area contributed by atoms with Crippen LogP contribution < -0.4 is 21.8 Å². The number of nitrogens with one attached hydrogen (secondary N) is 2. The zero-order valence-corrected chi connectivity index (χ0v) is 30.6. The minimum absolute atomic E-state index is 0.0196. The molecule has 5 aromatic rings. The van der Waals surface area contributed by atoms with E-state index in [2.05, 4.69) is 10.6 Å². The van der Waals surface area contributed by atoms with Crippen LogP contribution in [0.15, 0.2) is 93.5 Å². The average molecular weight is 734 g/mol. The van der Waals surface area contributed by atoms with E-state index in [1.807, 2.05) is 6.92 Å². The maximum atomic E-state index is 13.8. The van der Waals surface area contributed by atoms with Gasteiger partial charge in [-0.25, -0.2) is 4.79 Å². The first-order valence-corrected chi connectivity index (χ1v) is 18.1. The van der Waals surface area contributed by atoms with Gasteiger partial charge in [0.25, 0.3) is 21.1 Å². The highest BCUT2D eigenvalue weighted by atomic mass is 35.5. The number of halogens is 1. The summed E-state index contributed by atoms with van der Waals surface area (Å²) in [5, 5.41) is 6.23. The lowest BCUT2D eigenvalue weighted by molar-refractivity contribution is -0.120. The standard InChI is InChI=1S/C37H40ClN5O7S/c1-24-10-14-29(15-11-24)51(48,49)43-35(46)30-8-6-7-9-32(30)42(43)19-18-41-17-16-25(2)31(34(41)45)21-33(44)39-23-27-20-28(38)13-12-26(27)22-40-36(47)50-37(3,4)5/h6-17,20H,18-19,21-23H2,1-5H3,(H,39,44)(H,40,47). The van der Waals surface area contributed by atoms with Gasteiger partial charge in [0.1, 0.15) is 5.60 Å². The van der Waals surface area contributed by atoms with E-state index in [1.165, 1.54) is 21.4 Å². The Kier molecular flexibility index (Phi) is 10.9. The van der Waals surface area contributed by atoms with Crippen LogP contribution >= 0.6 is 11.6 Å². The number of aromatic nitrogens is 3. The molecule has 0 saturated heterocycles. The summed E-state index contributed by atoms with van der Waals surface area (Å²) in [6.07, 6.45) is 0.790. The first-order valence-electron chi connectivity index (χ1n) is 16.3. The zero-order chi connectivity index (χ0) is 37.1. The normalized spacial score (nSPS) is 11.8. The first-order chi connectivity index (χ1) is 24.0. The number of hydrogen-bond acceptors (Lipinski definition) is 7. The van der Waals surface area contributed by atoms with Crippen LogP contribution in [0.1, 0.15) is 48.6 Å². The summed E-state index contributed by atoms with van der Waals surface area (Å²) >= 11 is 6.23. The molecule has 0 atom stereocenters. The van der Waals surface area contributed by atoms with Crippen molar-refractivity contribution in [3.05, 3.63) is 133 Å². The van der Waals surface area contributed by atoms with Crippen molar-refractivity contribution in [3.8, 4) is 0 Å². The molecule has 14 heteroatoms. The van der Waals surface area contributed by atoms with Crippen molar-refractivity contribution in [2.24, 2.45) is 0 Å². The molecule has 2 amide bonds. The molecular formula is C37H40ClN5O7S. The van der Waals surface area contributed by atoms with Crippen molar-refractivity contribution in [1.82, 2.24) is 24.0 Å². The lowest BCUT2D eigenvalue weighted by Crippen LogP contribution is -2.34. The zero-order valence-electron chi connectivity index (χ0n) is 29.0. The van der Waals surface area contributed by atoms with Crippen molar-refractivity contribution in [2.45, 2.75) is 77.7 Å². The van der Waals surface area contributed by atoms with Crippen molar-refractivity contribution in [3.63, 3.8) is 0 Å². The second-order valence-electron chi connectivity index (χ2n) is 13.2. The number of ether oxygens (including phenoxy) is 1. The molecule has 51 heavy (non-hydrogen) atoms. The Morgan fingerprint density at radius 1 is 0.843 bits per heavy atom. The third-order valence-electron chi connectivity index (χ3n) is 8.21. The average Bonchev–Trinajstić information content (AvgIpc) is 3.36. The van der Waals surface area contributed by atoms with Crippen LogP contribution in [-0.4, -0.2) is 39.4 Å². The third kappa shape index (κ3) is 8.61. The number of fused-ring (bicyclic) bond motifs is 1. The second kappa shape index (κ2) is 15.0. The monoisotopic (exact) mass is 733 g/mol. The number of nitrogens with zero attached hydrogens (tertiary/aromatic N) is 3. The Morgan fingerprint density at radius 3 is 2.24 bits per heavy atom. The molecule has 2 N–H and O–H groups in total. The molecule has 2 aromatic heterocycles. The van der Waals surface area contributed by atoms with Gasteiger partial charge < -0.3 is 19.9 Å². The van der Waals surface area contributed by atoms with Gasteiger partial charge in [-0.15, -0.1) is 4.09 Å². The summed E-state index contributed by atoms with van der Waals surface area (Å²) in [5.41, 5.74) is 1.80. The molecule has 0 aliphatic rings. The first kappa shape index (κ1) is 37.1. The molecule has 0 unspecified atom stereocenters. The van der Waals surface area contributed by atoms with E-state index >= 15 is 0 Å². The summed E-state index contributed by atoms with van der Waals surface area (Å²) in [6.45, 7) is 9.10. The van der Waals surface area contributed by atoms with Gasteiger partial charge in [0.05, 0.1) is 28.8 Å². The molecule has 0 radical (unpaired) electrons. The van der Waals surface area contributed by atoms with Crippen LogP contribution in [0.4, 0.5) is 4.79 Å². The highest BCUT2D eigenvalue weighted by Gasteiger charge is 2.26. The predicted octanol–water partition coefficient (Wildman–Crippen LogP) is 5.06. The number of alkyl carbamates (subject to hydrolysis) is 1. The van der Waals surface area contributed by atoms with Gasteiger partial charge in [-0.1, -0.05) is 47.5 Å². The Labute approximate surface area is 300 Å². The van der Waals surface area contributed by atoms with E-state index in [0.29, 0.717) is 21.7 Å². The van der Waals surface area contributed by atoms with E-state index in [-0.39, 0.29) is 48.4 Å². The van der Waals surface area contributed by atoms with Crippen LogP contribution in [0.2, 0.25) is 5.02 Å². The smallest absolute Gasteiger partial charge is 0.407 e. The Bertz CT molecular complexity index is 2340. The molecule has 2 heterocycles. The molecule has 0 aliphatic carbocycles. The van der Waals surface area contributed by atoms with Crippen LogP contribution in [0.5, 0.6) is 0 Å². The van der Waals surface area contributed by atoms with Gasteiger partial charge >= 0.3 is 6.09 Å². The molecule has 0 spiro atoms. The van der Waals surface area contributed by atoms with E-state index in [9.17, 15) is 27.6 Å². The number of carbonyl (C=O) groups excluding carboxylic acids is 2. The summed E-state index contributed by atoms with van der Waals surface area (Å²) in [5.74, 6) is -0.409. The molecule has 268 valence electrons. The van der Waals surface area contributed by atoms with Crippen LogP contribution in [-0.2, 0) is 52.2 Å². The van der Waals surface area contributed by atoms with Gasteiger partial charge in [0, 0.05) is 36.4 Å². The number of para-hydroxylation sites is 1. The summed E-state index contributed by atoms with van der Waals surface area (Å²) in [7, 11) is -4.28. The van der Waals surface area contributed by atoms with E-state index in [4.69, 9.17) is 16.3 Å². The fourth-order valence-electron chi connectivity index (χ4n) is 5.59. The fourth-order valence-corrected chi connectivity index (χ4v) is 7.21. The highest BCUT2D eigenvalue weighted by Crippen LogP contribution is 2.20. The number of rotatable bonds is 11. The maximum Gasteiger partial charge on any atom is 0.407 e. The molecular weight excluding hydrogens is 694 g/mol. The summed E-state index contributed by atoms with van der Waals surface area (Å²) in [4.78, 5) is 52.5. The highest BCUT2D eigenvalue weighted by molar-refractivity contribution is 7.89. The molecule has 5 rings (SSSR count). The number of aryl methyl sites for hydroxylation is 4. The van der Waals surface area contributed by atoms with Crippen LogP contribution in [0.3, 0.4) is 0 Å². The van der Waals surface area contributed by atoms with Gasteiger partial charge in [-0.3, -0.25) is 19.1 Å². The third-order valence-corrected chi connectivity index (χ3v) is 10.1. The number of amides is 2. The van der Waals surface area contributed by atoms with Crippen LogP contribution in [0.25, 0.3) is 10.9 Å². The number of benzene rings is 3. The van der Waals surface area contributed by atoms with Crippen molar-refractivity contribution >= 4 is 44.5 Å². The molecule has 0 bridgehead atoms. The Morgan fingerprint density at radius 2 is 1.53 bits per heavy atom. The van der Waals surface area contributed by atoms with Gasteiger partial charge in [-0.2, -0.15) is 8.42 Å². The van der Waals surface area contributed by atoms with Crippen LogP contribution in [0, 0.1) is 13.8 Å². The second-order valence-corrected chi connectivity index (χ2v) is 15.4. The fraction of sp³-hybridized carbons (Fsp3) is 0.297. The largest absolute Gasteiger partial charge is 0.444 e. The lowest BCUT2D eigenvalue weighted by atomic mass is 10.1. The summed E-state index contributed by atoms with van der Waals surface area (Å²) < 4.78 is 36.4. The van der Waals surface area contributed by atoms with Crippen molar-refractivity contribution in [2.75, 3.05) is 0 Å². The van der Waals surface area contributed by atoms with Gasteiger partial charge in [0.2, 0.25) is 5.91 Å².